The number of aromatic nitrogens is 2. The fourth-order valence-corrected chi connectivity index (χ4v) is 3.26. The van der Waals surface area contributed by atoms with Crippen molar-refractivity contribution in [2.75, 3.05) is 11.9 Å². The molecule has 0 bridgehead atoms. The summed E-state index contributed by atoms with van der Waals surface area (Å²) in [6.45, 7) is 0.664. The molecule has 3 aromatic carbocycles. The molecule has 0 aliphatic heterocycles. The van der Waals surface area contributed by atoms with Gasteiger partial charge in [0.05, 0.1) is 17.6 Å². The summed E-state index contributed by atoms with van der Waals surface area (Å²) >= 11 is 0. The second kappa shape index (κ2) is 7.98. The summed E-state index contributed by atoms with van der Waals surface area (Å²) in [7, 11) is 0. The van der Waals surface area contributed by atoms with Gasteiger partial charge < -0.3 is 15.6 Å². The first-order chi connectivity index (χ1) is 14.1. The Bertz CT molecular complexity index is 1170. The van der Waals surface area contributed by atoms with Gasteiger partial charge in [-0.2, -0.15) is 0 Å². The minimum atomic E-state index is -0.578. The fourth-order valence-electron chi connectivity index (χ4n) is 3.26. The normalized spacial score (nSPS) is 10.8. The van der Waals surface area contributed by atoms with Gasteiger partial charge in [0.25, 0.3) is 5.91 Å². The molecule has 0 saturated heterocycles. The summed E-state index contributed by atoms with van der Waals surface area (Å²) in [5, 5.41) is 3.13. The van der Waals surface area contributed by atoms with Crippen molar-refractivity contribution in [1.82, 2.24) is 9.55 Å². The van der Waals surface area contributed by atoms with Crippen LogP contribution in [0.25, 0.3) is 11.0 Å². The highest BCUT2D eigenvalue weighted by Gasteiger charge is 2.16. The van der Waals surface area contributed by atoms with E-state index in [-0.39, 0.29) is 18.2 Å². The van der Waals surface area contributed by atoms with Crippen LogP contribution in [0.5, 0.6) is 0 Å². The number of fused-ring (bicyclic) bond motifs is 1. The minimum Gasteiger partial charge on any atom is -0.378 e. The molecule has 1 heterocycles. The topological polar surface area (TPSA) is 90.0 Å². The van der Waals surface area contributed by atoms with Crippen molar-refractivity contribution in [1.29, 1.82) is 0 Å². The van der Waals surface area contributed by atoms with Crippen molar-refractivity contribution in [2.45, 2.75) is 6.54 Å². The number of amides is 1. The molecule has 0 unspecified atom stereocenters. The number of primary amides is 1. The van der Waals surface area contributed by atoms with Crippen LogP contribution < -0.4 is 11.1 Å². The van der Waals surface area contributed by atoms with E-state index in [1.165, 1.54) is 0 Å². The summed E-state index contributed by atoms with van der Waals surface area (Å²) in [4.78, 5) is 28.6. The lowest BCUT2D eigenvalue weighted by Crippen LogP contribution is -2.18. The van der Waals surface area contributed by atoms with Crippen molar-refractivity contribution >= 4 is 28.4 Å². The minimum absolute atomic E-state index is 0.00173. The van der Waals surface area contributed by atoms with Gasteiger partial charge in [-0.1, -0.05) is 60.7 Å². The first-order valence-corrected chi connectivity index (χ1v) is 9.28. The lowest BCUT2D eigenvalue weighted by molar-refractivity contribution is 0.0984. The summed E-state index contributed by atoms with van der Waals surface area (Å²) < 4.78 is 1.81. The number of rotatable bonds is 7. The van der Waals surface area contributed by atoms with Crippen molar-refractivity contribution in [3.63, 3.8) is 0 Å². The van der Waals surface area contributed by atoms with Gasteiger partial charge in [-0.05, 0) is 23.8 Å². The average Bonchev–Trinajstić information content (AvgIpc) is 3.11. The number of benzene rings is 3. The molecule has 0 spiro atoms. The van der Waals surface area contributed by atoms with Crippen LogP contribution in [0, 0.1) is 0 Å². The first kappa shape index (κ1) is 18.4. The second-order valence-electron chi connectivity index (χ2n) is 6.72. The molecular weight excluding hydrogens is 364 g/mol. The number of nitrogens with one attached hydrogen (secondary N) is 1. The lowest BCUT2D eigenvalue weighted by Gasteiger charge is -2.09. The zero-order valence-electron chi connectivity index (χ0n) is 15.7. The van der Waals surface area contributed by atoms with Crippen LogP contribution in [-0.4, -0.2) is 27.8 Å². The van der Waals surface area contributed by atoms with E-state index in [1.807, 2.05) is 71.3 Å². The fraction of sp³-hybridized carbons (Fsp3) is 0.0870. The zero-order valence-corrected chi connectivity index (χ0v) is 15.7. The number of Topliss-reactive ketones (excluding diaryl/α,β-unsaturated/α-hetero) is 1. The molecule has 0 aliphatic rings. The summed E-state index contributed by atoms with van der Waals surface area (Å²) in [5.74, 6) is -0.370. The predicted molar refractivity (Wildman–Crippen MR) is 113 cm³/mol. The Morgan fingerprint density at radius 1 is 0.931 bits per heavy atom. The van der Waals surface area contributed by atoms with Crippen LogP contribution in [0.2, 0.25) is 0 Å². The number of nitrogens with zero attached hydrogens (tertiary/aromatic N) is 2. The Kier molecular flexibility index (Phi) is 5.07. The van der Waals surface area contributed by atoms with Crippen LogP contribution in [0.1, 0.15) is 26.5 Å². The maximum absolute atomic E-state index is 12.3. The standard InChI is InChI=1S/C23H20N4O2/c24-22(29)23-26-19-13-18(25-14-21(28)17-9-5-2-6-10-17)11-12-20(19)27(23)15-16-7-3-1-4-8-16/h1-13,25H,14-15H2,(H2,24,29). The third kappa shape index (κ3) is 4.01. The van der Waals surface area contributed by atoms with Gasteiger partial charge in [0, 0.05) is 17.8 Å². The summed E-state index contributed by atoms with van der Waals surface area (Å²) in [5.41, 5.74) is 9.46. The molecule has 0 saturated carbocycles. The Hall–Kier alpha value is -3.93. The van der Waals surface area contributed by atoms with Crippen molar-refractivity contribution < 1.29 is 9.59 Å². The Labute approximate surface area is 168 Å². The molecule has 29 heavy (non-hydrogen) atoms. The van der Waals surface area contributed by atoms with Crippen LogP contribution >= 0.6 is 0 Å². The van der Waals surface area contributed by atoms with Crippen molar-refractivity contribution in [3.05, 3.63) is 95.8 Å². The number of hydrogen-bond acceptors (Lipinski definition) is 4. The van der Waals surface area contributed by atoms with E-state index in [9.17, 15) is 9.59 Å². The van der Waals surface area contributed by atoms with Crippen LogP contribution in [0.15, 0.2) is 78.9 Å². The number of imidazole rings is 1. The molecule has 6 heteroatoms. The number of anilines is 1. The Morgan fingerprint density at radius 2 is 1.62 bits per heavy atom. The van der Waals surface area contributed by atoms with E-state index in [2.05, 4.69) is 10.3 Å². The van der Waals surface area contributed by atoms with Gasteiger partial charge >= 0.3 is 0 Å². The third-order valence-electron chi connectivity index (χ3n) is 4.70. The average molecular weight is 384 g/mol. The van der Waals surface area contributed by atoms with Gasteiger partial charge in [-0.25, -0.2) is 4.98 Å². The Morgan fingerprint density at radius 3 is 2.31 bits per heavy atom. The van der Waals surface area contributed by atoms with Gasteiger partial charge in [0.1, 0.15) is 0 Å². The molecule has 1 amide bonds. The molecule has 0 radical (unpaired) electrons. The first-order valence-electron chi connectivity index (χ1n) is 9.28. The van der Waals surface area contributed by atoms with Gasteiger partial charge in [0.15, 0.2) is 11.6 Å². The number of carbonyl (C=O) groups is 2. The molecule has 0 aliphatic carbocycles. The van der Waals surface area contributed by atoms with Gasteiger partial charge in [-0.15, -0.1) is 0 Å². The molecular formula is C23H20N4O2. The molecule has 1 aromatic heterocycles. The monoisotopic (exact) mass is 384 g/mol. The molecule has 0 atom stereocenters. The molecule has 144 valence electrons. The molecule has 6 nitrogen and oxygen atoms in total. The predicted octanol–water partition coefficient (Wildman–Crippen LogP) is 3.48. The number of carbonyl (C=O) groups excluding carboxylic acids is 2. The van der Waals surface area contributed by atoms with Crippen LogP contribution in [0.3, 0.4) is 0 Å². The van der Waals surface area contributed by atoms with Crippen molar-refractivity contribution in [2.24, 2.45) is 5.73 Å². The highest BCUT2D eigenvalue weighted by molar-refractivity contribution is 5.99. The SMILES string of the molecule is NC(=O)c1nc2cc(NCC(=O)c3ccccc3)ccc2n1Cc1ccccc1. The highest BCUT2D eigenvalue weighted by atomic mass is 16.1. The molecule has 0 fully saturated rings. The van der Waals surface area contributed by atoms with E-state index < -0.39 is 5.91 Å². The molecule has 4 aromatic rings. The number of hydrogen-bond donors (Lipinski definition) is 2. The highest BCUT2D eigenvalue weighted by Crippen LogP contribution is 2.22. The quantitative estimate of drug-likeness (QED) is 0.477. The number of nitrogens with two attached hydrogens (primary N) is 1. The second-order valence-corrected chi connectivity index (χ2v) is 6.72. The largest absolute Gasteiger partial charge is 0.378 e. The molecule has 4 rings (SSSR count). The van der Waals surface area contributed by atoms with E-state index in [4.69, 9.17) is 5.73 Å². The van der Waals surface area contributed by atoms with Crippen molar-refractivity contribution in [3.8, 4) is 0 Å². The number of ketones is 1. The van der Waals surface area contributed by atoms with Crippen LogP contribution in [-0.2, 0) is 6.54 Å². The third-order valence-corrected chi connectivity index (χ3v) is 4.70. The van der Waals surface area contributed by atoms with E-state index in [0.717, 1.165) is 16.8 Å². The van der Waals surface area contributed by atoms with E-state index in [1.54, 1.807) is 12.1 Å². The summed E-state index contributed by atoms with van der Waals surface area (Å²) in [6, 6.07) is 24.5. The van der Waals surface area contributed by atoms with Crippen LogP contribution in [0.4, 0.5) is 5.69 Å². The lowest BCUT2D eigenvalue weighted by atomic mass is 10.1. The van der Waals surface area contributed by atoms with Gasteiger partial charge in [-0.3, -0.25) is 9.59 Å². The molecule has 3 N–H and O–H groups in total. The van der Waals surface area contributed by atoms with Gasteiger partial charge in [0.2, 0.25) is 0 Å². The smallest absolute Gasteiger partial charge is 0.284 e. The maximum Gasteiger partial charge on any atom is 0.284 e. The zero-order chi connectivity index (χ0) is 20.2. The maximum atomic E-state index is 12.3. The summed E-state index contributed by atoms with van der Waals surface area (Å²) in [6.07, 6.45) is 0. The Balaban J connectivity index is 1.59. The van der Waals surface area contributed by atoms with E-state index >= 15 is 0 Å². The van der Waals surface area contributed by atoms with E-state index in [0.29, 0.717) is 17.6 Å².